The lowest BCUT2D eigenvalue weighted by atomic mass is 10.2. The molecule has 1 heterocycles. The maximum Gasteiger partial charge on any atom is 0.341 e. The Morgan fingerprint density at radius 3 is 2.67 bits per heavy atom. The van der Waals surface area contributed by atoms with Gasteiger partial charge >= 0.3 is 5.97 Å². The van der Waals surface area contributed by atoms with E-state index in [1.807, 2.05) is 0 Å². The van der Waals surface area contributed by atoms with Crippen molar-refractivity contribution in [3.05, 3.63) is 53.7 Å². The number of hydrogen-bond donors (Lipinski definition) is 1. The number of halogens is 2. The predicted octanol–water partition coefficient (Wildman–Crippen LogP) is 2.85. The summed E-state index contributed by atoms with van der Waals surface area (Å²) in [5.41, 5.74) is -0.165. The van der Waals surface area contributed by atoms with Crippen molar-refractivity contribution >= 4 is 5.97 Å². The van der Waals surface area contributed by atoms with E-state index in [0.29, 0.717) is 0 Å². The Morgan fingerprint density at radius 1 is 1.22 bits per heavy atom. The van der Waals surface area contributed by atoms with E-state index in [-0.39, 0.29) is 17.2 Å². The first kappa shape index (κ1) is 12.0. The van der Waals surface area contributed by atoms with Crippen LogP contribution in [0.15, 0.2) is 36.5 Å². The van der Waals surface area contributed by atoms with Crippen molar-refractivity contribution in [3.8, 4) is 11.6 Å². The van der Waals surface area contributed by atoms with Gasteiger partial charge in [0.25, 0.3) is 0 Å². The lowest BCUT2D eigenvalue weighted by Crippen LogP contribution is -2.01. The second-order valence-electron chi connectivity index (χ2n) is 3.34. The van der Waals surface area contributed by atoms with Crippen LogP contribution in [0, 0.1) is 11.6 Å². The van der Waals surface area contributed by atoms with Crippen molar-refractivity contribution in [2.24, 2.45) is 0 Å². The van der Waals surface area contributed by atoms with Gasteiger partial charge in [0.1, 0.15) is 11.3 Å². The van der Waals surface area contributed by atoms with Gasteiger partial charge in [0.05, 0.1) is 0 Å². The van der Waals surface area contributed by atoms with E-state index >= 15 is 0 Å². The fourth-order valence-electron chi connectivity index (χ4n) is 1.29. The smallest absolute Gasteiger partial charge is 0.341 e. The molecule has 0 unspecified atom stereocenters. The first-order chi connectivity index (χ1) is 8.58. The van der Waals surface area contributed by atoms with Gasteiger partial charge in [0, 0.05) is 12.3 Å². The third-order valence-electron chi connectivity index (χ3n) is 2.11. The van der Waals surface area contributed by atoms with E-state index in [4.69, 9.17) is 9.84 Å². The summed E-state index contributed by atoms with van der Waals surface area (Å²) in [6, 6.07) is 5.61. The highest BCUT2D eigenvalue weighted by molar-refractivity contribution is 5.90. The molecule has 4 nitrogen and oxygen atoms in total. The minimum atomic E-state index is -1.22. The van der Waals surface area contributed by atoms with E-state index in [1.54, 1.807) is 0 Å². The molecule has 0 spiro atoms. The zero-order valence-electron chi connectivity index (χ0n) is 8.93. The second kappa shape index (κ2) is 4.79. The third-order valence-corrected chi connectivity index (χ3v) is 2.11. The summed E-state index contributed by atoms with van der Waals surface area (Å²) in [7, 11) is 0. The number of carboxylic acid groups (broad SMARTS) is 1. The molecule has 1 aromatic carbocycles. The van der Waals surface area contributed by atoms with Crippen molar-refractivity contribution in [2.45, 2.75) is 0 Å². The summed E-state index contributed by atoms with van der Waals surface area (Å²) in [4.78, 5) is 14.6. The molecule has 0 radical (unpaired) electrons. The fraction of sp³-hybridized carbons (Fsp3) is 0. The number of pyridine rings is 1. The molecule has 1 aromatic heterocycles. The molecule has 0 aliphatic heterocycles. The van der Waals surface area contributed by atoms with Crippen molar-refractivity contribution < 1.29 is 23.4 Å². The van der Waals surface area contributed by atoms with Gasteiger partial charge < -0.3 is 9.84 Å². The number of hydrogen-bond acceptors (Lipinski definition) is 3. The molecule has 0 aliphatic carbocycles. The Kier molecular flexibility index (Phi) is 3.18. The van der Waals surface area contributed by atoms with Gasteiger partial charge in [-0.05, 0) is 24.3 Å². The van der Waals surface area contributed by atoms with E-state index < -0.39 is 17.6 Å². The van der Waals surface area contributed by atoms with Gasteiger partial charge in [-0.3, -0.25) is 0 Å². The summed E-state index contributed by atoms with van der Waals surface area (Å²) in [6.07, 6.45) is 1.33. The highest BCUT2D eigenvalue weighted by Crippen LogP contribution is 2.24. The van der Waals surface area contributed by atoms with Crippen LogP contribution in [0.3, 0.4) is 0 Å². The topological polar surface area (TPSA) is 59.4 Å². The number of benzene rings is 1. The molecule has 2 rings (SSSR count). The quantitative estimate of drug-likeness (QED) is 0.911. The molecule has 0 fully saturated rings. The van der Waals surface area contributed by atoms with Crippen LogP contribution in [0.4, 0.5) is 8.78 Å². The summed E-state index contributed by atoms with van der Waals surface area (Å²) >= 11 is 0. The lowest BCUT2D eigenvalue weighted by Gasteiger charge is -2.07. The molecule has 18 heavy (non-hydrogen) atoms. The number of carbonyl (C=O) groups is 1. The molecular weight excluding hydrogens is 244 g/mol. The number of aromatic nitrogens is 1. The average molecular weight is 251 g/mol. The number of carboxylic acids is 1. The Labute approximate surface area is 100 Å². The SMILES string of the molecule is O=C(O)c1cccnc1Oc1ccc(F)c(F)c1. The second-order valence-corrected chi connectivity index (χ2v) is 3.34. The van der Waals surface area contributed by atoms with Gasteiger partial charge in [0.15, 0.2) is 11.6 Å². The highest BCUT2D eigenvalue weighted by Gasteiger charge is 2.13. The van der Waals surface area contributed by atoms with Crippen LogP contribution < -0.4 is 4.74 Å². The van der Waals surface area contributed by atoms with E-state index in [9.17, 15) is 13.6 Å². The molecule has 1 N–H and O–H groups in total. The van der Waals surface area contributed by atoms with Gasteiger partial charge in [-0.25, -0.2) is 18.6 Å². The summed E-state index contributed by atoms with van der Waals surface area (Å²) in [6.45, 7) is 0. The van der Waals surface area contributed by atoms with Crippen molar-refractivity contribution in [1.82, 2.24) is 4.98 Å². The van der Waals surface area contributed by atoms with Crippen LogP contribution in [-0.4, -0.2) is 16.1 Å². The Morgan fingerprint density at radius 2 is 2.00 bits per heavy atom. The predicted molar refractivity (Wildman–Crippen MR) is 57.6 cm³/mol. The molecule has 0 saturated heterocycles. The molecule has 92 valence electrons. The van der Waals surface area contributed by atoms with Gasteiger partial charge in [-0.15, -0.1) is 0 Å². The van der Waals surface area contributed by atoms with Gasteiger partial charge in [-0.2, -0.15) is 0 Å². The van der Waals surface area contributed by atoms with Crippen molar-refractivity contribution in [1.29, 1.82) is 0 Å². The van der Waals surface area contributed by atoms with Crippen LogP contribution in [-0.2, 0) is 0 Å². The van der Waals surface area contributed by atoms with E-state index in [2.05, 4.69) is 4.98 Å². The number of rotatable bonds is 3. The summed E-state index contributed by atoms with van der Waals surface area (Å²) in [5.74, 6) is -3.53. The first-order valence-corrected chi connectivity index (χ1v) is 4.89. The van der Waals surface area contributed by atoms with E-state index in [1.165, 1.54) is 24.4 Å². The van der Waals surface area contributed by atoms with E-state index in [0.717, 1.165) is 12.1 Å². The zero-order valence-corrected chi connectivity index (χ0v) is 8.93. The normalized spacial score (nSPS) is 10.1. The fourth-order valence-corrected chi connectivity index (χ4v) is 1.29. The molecule has 0 bridgehead atoms. The van der Waals surface area contributed by atoms with Crippen molar-refractivity contribution in [2.75, 3.05) is 0 Å². The maximum atomic E-state index is 12.9. The average Bonchev–Trinajstić information content (AvgIpc) is 2.34. The van der Waals surface area contributed by atoms with Crippen LogP contribution in [0.25, 0.3) is 0 Å². The number of ether oxygens (including phenoxy) is 1. The van der Waals surface area contributed by atoms with Crippen molar-refractivity contribution in [3.63, 3.8) is 0 Å². The Bertz CT molecular complexity index is 602. The molecule has 0 atom stereocenters. The van der Waals surface area contributed by atoms with Gasteiger partial charge in [-0.1, -0.05) is 0 Å². The monoisotopic (exact) mass is 251 g/mol. The summed E-state index contributed by atoms with van der Waals surface area (Å²) in [5, 5.41) is 8.89. The van der Waals surface area contributed by atoms with Crippen LogP contribution in [0.5, 0.6) is 11.6 Å². The zero-order chi connectivity index (χ0) is 13.1. The highest BCUT2D eigenvalue weighted by atomic mass is 19.2. The standard InChI is InChI=1S/C12H7F2NO3/c13-9-4-3-7(6-10(9)14)18-11-8(12(16)17)2-1-5-15-11/h1-6H,(H,16,17). The maximum absolute atomic E-state index is 12.9. The number of aromatic carboxylic acids is 1. The lowest BCUT2D eigenvalue weighted by molar-refractivity contribution is 0.0693. The molecular formula is C12H7F2NO3. The minimum Gasteiger partial charge on any atom is -0.477 e. The Balaban J connectivity index is 2.34. The minimum absolute atomic E-state index is 0.0323. The largest absolute Gasteiger partial charge is 0.477 e. The molecule has 0 aliphatic rings. The third kappa shape index (κ3) is 2.42. The van der Waals surface area contributed by atoms with Crippen LogP contribution in [0.2, 0.25) is 0 Å². The first-order valence-electron chi connectivity index (χ1n) is 4.89. The molecule has 0 saturated carbocycles. The van der Waals surface area contributed by atoms with Gasteiger partial charge in [0.2, 0.25) is 5.88 Å². The molecule has 0 amide bonds. The van der Waals surface area contributed by atoms with Crippen LogP contribution >= 0.6 is 0 Å². The Hall–Kier alpha value is -2.50. The summed E-state index contributed by atoms with van der Waals surface area (Å²) < 4.78 is 30.8. The number of nitrogens with zero attached hydrogens (tertiary/aromatic N) is 1. The molecule has 6 heteroatoms. The molecule has 2 aromatic rings. The van der Waals surface area contributed by atoms with Crippen LogP contribution in [0.1, 0.15) is 10.4 Å².